The highest BCUT2D eigenvalue weighted by Crippen LogP contribution is 2.04. The summed E-state index contributed by atoms with van der Waals surface area (Å²) in [5, 5.41) is 2.79. The lowest BCUT2D eigenvalue weighted by Gasteiger charge is -2.03. The molecule has 0 radical (unpaired) electrons. The van der Waals surface area contributed by atoms with Gasteiger partial charge in [0.05, 0.1) is 0 Å². The van der Waals surface area contributed by atoms with Crippen LogP contribution in [0.4, 0.5) is 0 Å². The molecule has 0 saturated carbocycles. The Morgan fingerprint density at radius 2 is 2.00 bits per heavy atom. The first-order chi connectivity index (χ1) is 7.31. The molecule has 0 atom stereocenters. The van der Waals surface area contributed by atoms with Crippen molar-refractivity contribution in [1.82, 2.24) is 5.32 Å². The number of thioether (sulfide) groups is 1. The van der Waals surface area contributed by atoms with E-state index in [9.17, 15) is 9.59 Å². The maximum absolute atomic E-state index is 11.2. The number of amides is 1. The Bertz CT molecular complexity index is 174. The highest BCUT2D eigenvalue weighted by atomic mass is 32.2. The molecule has 4 heteroatoms. The van der Waals surface area contributed by atoms with Gasteiger partial charge in [-0.15, -0.1) is 0 Å². The van der Waals surface area contributed by atoms with Crippen molar-refractivity contribution < 1.29 is 9.59 Å². The van der Waals surface area contributed by atoms with E-state index >= 15 is 0 Å². The van der Waals surface area contributed by atoms with Gasteiger partial charge in [-0.3, -0.25) is 9.59 Å². The minimum absolute atomic E-state index is 0.109. The molecule has 0 spiro atoms. The molecule has 0 aromatic rings. The number of carbonyl (C=O) groups is 2. The molecule has 0 aromatic heterocycles. The molecule has 88 valence electrons. The molecule has 0 bridgehead atoms. The van der Waals surface area contributed by atoms with E-state index in [4.69, 9.17) is 0 Å². The molecule has 0 aliphatic rings. The number of nitrogens with one attached hydrogen (secondary N) is 1. The van der Waals surface area contributed by atoms with Crippen molar-refractivity contribution in [2.24, 2.45) is 0 Å². The summed E-state index contributed by atoms with van der Waals surface area (Å²) in [5.41, 5.74) is 0.802. The Hall–Kier alpha value is -0.510. The Balaban J connectivity index is 3.15. The topological polar surface area (TPSA) is 46.2 Å². The molecule has 0 heterocycles. The van der Waals surface area contributed by atoms with E-state index < -0.39 is 0 Å². The summed E-state index contributed by atoms with van der Waals surface area (Å²) in [5.74, 6) is 0.781. The van der Waals surface area contributed by atoms with E-state index in [0.29, 0.717) is 18.7 Å². The van der Waals surface area contributed by atoms with Gasteiger partial charge >= 0.3 is 0 Å². The van der Waals surface area contributed by atoms with Crippen molar-refractivity contribution in [1.29, 1.82) is 0 Å². The van der Waals surface area contributed by atoms with Crippen LogP contribution in [0.25, 0.3) is 0 Å². The zero-order valence-corrected chi connectivity index (χ0v) is 10.3. The van der Waals surface area contributed by atoms with Gasteiger partial charge in [0.15, 0.2) is 5.62 Å². The molecule has 1 N–H and O–H groups in total. The van der Waals surface area contributed by atoms with Crippen LogP contribution in [0.15, 0.2) is 0 Å². The Labute approximate surface area is 96.4 Å². The van der Waals surface area contributed by atoms with Crippen molar-refractivity contribution in [2.45, 2.75) is 45.4 Å². The average Bonchev–Trinajstić information content (AvgIpc) is 2.24. The molecule has 0 aliphatic heterocycles. The molecule has 0 aromatic carbocycles. The standard InChI is InChI=1S/C11H21NO2S/c1-2-3-4-5-6-7-11(14)12-8-9-15-10-13/h10H,2-9H2,1H3,(H,12,14). The predicted octanol–water partition coefficient (Wildman–Crippen LogP) is 2.39. The van der Waals surface area contributed by atoms with E-state index in [1.54, 1.807) is 0 Å². The maximum atomic E-state index is 11.2. The fourth-order valence-corrected chi connectivity index (χ4v) is 1.59. The number of hydrogen-bond acceptors (Lipinski definition) is 3. The third-order valence-corrected chi connectivity index (χ3v) is 2.69. The van der Waals surface area contributed by atoms with E-state index in [0.717, 1.165) is 18.5 Å². The molecule has 0 unspecified atom stereocenters. The Morgan fingerprint density at radius 3 is 2.67 bits per heavy atom. The molecule has 0 fully saturated rings. The van der Waals surface area contributed by atoms with Crippen molar-refractivity contribution in [3.05, 3.63) is 0 Å². The maximum Gasteiger partial charge on any atom is 0.220 e. The second-order valence-electron chi connectivity index (χ2n) is 3.48. The second-order valence-corrected chi connectivity index (χ2v) is 4.42. The summed E-state index contributed by atoms with van der Waals surface area (Å²) in [7, 11) is 0. The largest absolute Gasteiger partial charge is 0.355 e. The first kappa shape index (κ1) is 14.5. The van der Waals surface area contributed by atoms with Crippen LogP contribution in [0, 0.1) is 0 Å². The van der Waals surface area contributed by atoms with Crippen LogP contribution in [0.3, 0.4) is 0 Å². The summed E-state index contributed by atoms with van der Waals surface area (Å²) in [4.78, 5) is 21.2. The third kappa shape index (κ3) is 11.4. The fourth-order valence-electron chi connectivity index (χ4n) is 1.27. The van der Waals surface area contributed by atoms with Crippen molar-refractivity contribution >= 4 is 23.3 Å². The quantitative estimate of drug-likeness (QED) is 0.464. The van der Waals surface area contributed by atoms with Gasteiger partial charge in [0.25, 0.3) is 0 Å². The number of rotatable bonds is 10. The first-order valence-electron chi connectivity index (χ1n) is 5.63. The van der Waals surface area contributed by atoms with Crippen LogP contribution in [-0.4, -0.2) is 23.8 Å². The van der Waals surface area contributed by atoms with E-state index in [1.807, 2.05) is 0 Å². The molecule has 15 heavy (non-hydrogen) atoms. The average molecular weight is 231 g/mol. The van der Waals surface area contributed by atoms with Gasteiger partial charge in [-0.25, -0.2) is 0 Å². The minimum Gasteiger partial charge on any atom is -0.355 e. The van der Waals surface area contributed by atoms with Crippen LogP contribution >= 0.6 is 11.8 Å². The third-order valence-electron chi connectivity index (χ3n) is 2.12. The monoisotopic (exact) mass is 231 g/mol. The Kier molecular flexibility index (Phi) is 11.2. The van der Waals surface area contributed by atoms with Crippen LogP contribution in [-0.2, 0) is 9.59 Å². The van der Waals surface area contributed by atoms with Crippen LogP contribution < -0.4 is 5.32 Å². The van der Waals surface area contributed by atoms with E-state index in [2.05, 4.69) is 12.2 Å². The Morgan fingerprint density at radius 1 is 1.27 bits per heavy atom. The number of unbranched alkanes of at least 4 members (excludes halogenated alkanes) is 4. The SMILES string of the molecule is CCCCCCCC(=O)NCCSC=O. The van der Waals surface area contributed by atoms with Gasteiger partial charge in [-0.2, -0.15) is 0 Å². The fraction of sp³-hybridized carbons (Fsp3) is 0.818. The molecule has 3 nitrogen and oxygen atoms in total. The lowest BCUT2D eigenvalue weighted by molar-refractivity contribution is -0.121. The van der Waals surface area contributed by atoms with Crippen LogP contribution in [0.1, 0.15) is 45.4 Å². The van der Waals surface area contributed by atoms with Crippen molar-refractivity contribution in [3.63, 3.8) is 0 Å². The zero-order valence-electron chi connectivity index (χ0n) is 9.46. The van der Waals surface area contributed by atoms with Gasteiger partial charge in [-0.05, 0) is 6.42 Å². The summed E-state index contributed by atoms with van der Waals surface area (Å²) >= 11 is 1.19. The van der Waals surface area contributed by atoms with Crippen molar-refractivity contribution in [2.75, 3.05) is 12.3 Å². The minimum atomic E-state index is 0.109. The van der Waals surface area contributed by atoms with E-state index in [-0.39, 0.29) is 5.91 Å². The molecule has 1 amide bonds. The molecule has 0 aliphatic carbocycles. The lowest BCUT2D eigenvalue weighted by atomic mass is 10.1. The number of hydrogen-bond donors (Lipinski definition) is 1. The van der Waals surface area contributed by atoms with Gasteiger partial charge < -0.3 is 5.32 Å². The summed E-state index contributed by atoms with van der Waals surface area (Å²) in [6.45, 7) is 2.77. The number of carbonyl (C=O) groups excluding carboxylic acids is 2. The summed E-state index contributed by atoms with van der Waals surface area (Å²) in [6.07, 6.45) is 6.46. The predicted molar refractivity (Wildman–Crippen MR) is 65.6 cm³/mol. The highest BCUT2D eigenvalue weighted by Gasteiger charge is 1.99. The normalized spacial score (nSPS) is 9.93. The van der Waals surface area contributed by atoms with Crippen LogP contribution in [0.5, 0.6) is 0 Å². The smallest absolute Gasteiger partial charge is 0.220 e. The zero-order chi connectivity index (χ0) is 11.4. The highest BCUT2D eigenvalue weighted by molar-refractivity contribution is 8.11. The molecule has 0 saturated heterocycles. The van der Waals surface area contributed by atoms with E-state index in [1.165, 1.54) is 31.0 Å². The van der Waals surface area contributed by atoms with Crippen molar-refractivity contribution in [3.8, 4) is 0 Å². The molecular weight excluding hydrogens is 210 g/mol. The molecular formula is C11H21NO2S. The van der Waals surface area contributed by atoms with Gasteiger partial charge in [0, 0.05) is 18.7 Å². The first-order valence-corrected chi connectivity index (χ1v) is 6.68. The van der Waals surface area contributed by atoms with Gasteiger partial charge in [0.2, 0.25) is 5.91 Å². The summed E-state index contributed by atoms with van der Waals surface area (Å²) < 4.78 is 0. The lowest BCUT2D eigenvalue weighted by Crippen LogP contribution is -2.25. The van der Waals surface area contributed by atoms with Gasteiger partial charge in [-0.1, -0.05) is 44.4 Å². The van der Waals surface area contributed by atoms with Gasteiger partial charge in [0.1, 0.15) is 0 Å². The second kappa shape index (κ2) is 11.6. The summed E-state index contributed by atoms with van der Waals surface area (Å²) in [6, 6.07) is 0. The molecule has 0 rings (SSSR count). The van der Waals surface area contributed by atoms with Crippen LogP contribution in [0.2, 0.25) is 0 Å².